The molecular weight excluding hydrogens is 366 g/mol. The van der Waals surface area contributed by atoms with E-state index < -0.39 is 54.2 Å². The van der Waals surface area contributed by atoms with E-state index in [9.17, 15) is 43.2 Å². The predicted molar refractivity (Wildman–Crippen MR) is 63.7 cm³/mol. The Morgan fingerprint density at radius 1 is 0.955 bits per heavy atom. The van der Waals surface area contributed by atoms with Gasteiger partial charge in [0.25, 0.3) is 19.7 Å². The van der Waals surface area contributed by atoms with Crippen LogP contribution in [0.25, 0.3) is 0 Å². The molecule has 0 N–H and O–H groups in total. The molecule has 0 heterocycles. The molecule has 1 unspecified atom stereocenters. The molecule has 0 aliphatic rings. The van der Waals surface area contributed by atoms with Gasteiger partial charge < -0.3 is 4.74 Å². The lowest BCUT2D eigenvalue weighted by Gasteiger charge is -2.22. The normalized spacial score (nSPS) is 15.6. The summed E-state index contributed by atoms with van der Waals surface area (Å²) in [7, 11) is -13.2. The van der Waals surface area contributed by atoms with Gasteiger partial charge in [-0.25, -0.2) is 16.8 Å². The van der Waals surface area contributed by atoms with E-state index in [4.69, 9.17) is 0 Å². The van der Waals surface area contributed by atoms with Crippen molar-refractivity contribution < 1.29 is 47.9 Å². The highest BCUT2D eigenvalue weighted by Crippen LogP contribution is 2.38. The van der Waals surface area contributed by atoms with Crippen molar-refractivity contribution in [3.8, 4) is 0 Å². The minimum absolute atomic E-state index is 0.679. The van der Waals surface area contributed by atoms with Crippen LogP contribution >= 0.6 is 0 Å². The molecule has 0 radical (unpaired) electrons. The lowest BCUT2D eigenvalue weighted by molar-refractivity contribution is -0.0474. The van der Waals surface area contributed by atoms with Crippen LogP contribution < -0.4 is 0 Å². The average Bonchev–Trinajstić information content (AvgIpc) is 2.25. The van der Waals surface area contributed by atoms with Crippen LogP contribution in [0.3, 0.4) is 0 Å². The van der Waals surface area contributed by atoms with Gasteiger partial charge in [0.1, 0.15) is 0 Å². The largest absolute Gasteiger partial charge is 0.499 e. The molecular formula is C9H12F6O5S2. The first-order chi connectivity index (χ1) is 9.59. The summed E-state index contributed by atoms with van der Waals surface area (Å²) >= 11 is 0. The number of alkyl halides is 6. The Morgan fingerprint density at radius 3 is 1.59 bits per heavy atom. The van der Waals surface area contributed by atoms with Crippen LogP contribution in [0.5, 0.6) is 0 Å². The first kappa shape index (κ1) is 21.0. The van der Waals surface area contributed by atoms with Crippen LogP contribution in [0.1, 0.15) is 19.8 Å². The molecule has 0 aliphatic heterocycles. The molecule has 0 aromatic rings. The zero-order chi connectivity index (χ0) is 18.0. The van der Waals surface area contributed by atoms with Crippen molar-refractivity contribution in [2.75, 3.05) is 0 Å². The molecule has 5 nitrogen and oxygen atoms in total. The fourth-order valence-electron chi connectivity index (χ4n) is 1.38. The molecule has 1 atom stereocenters. The lowest BCUT2D eigenvalue weighted by Crippen LogP contribution is -2.45. The lowest BCUT2D eigenvalue weighted by atomic mass is 10.2. The Hall–Kier alpha value is -0.980. The van der Waals surface area contributed by atoms with Crippen molar-refractivity contribution in [2.24, 2.45) is 0 Å². The maximum Gasteiger partial charge on any atom is 0.498 e. The maximum atomic E-state index is 12.4. The molecule has 0 aromatic heterocycles. The number of hydrogen-bond donors (Lipinski definition) is 0. The average molecular weight is 378 g/mol. The maximum absolute atomic E-state index is 12.4. The van der Waals surface area contributed by atoms with Gasteiger partial charge in [0.15, 0.2) is 4.58 Å². The van der Waals surface area contributed by atoms with Crippen LogP contribution in [0.15, 0.2) is 12.8 Å². The van der Waals surface area contributed by atoms with Gasteiger partial charge in [-0.1, -0.05) is 6.58 Å². The highest BCUT2D eigenvalue weighted by Gasteiger charge is 2.62. The molecule has 0 saturated carbocycles. The van der Waals surface area contributed by atoms with Gasteiger partial charge in [-0.15, -0.1) is 0 Å². The third kappa shape index (κ3) is 4.51. The van der Waals surface area contributed by atoms with Crippen molar-refractivity contribution in [1.29, 1.82) is 0 Å². The van der Waals surface area contributed by atoms with Crippen LogP contribution in [0.4, 0.5) is 26.3 Å². The second kappa shape index (κ2) is 6.64. The number of hydrogen-bond acceptors (Lipinski definition) is 5. The number of sulfone groups is 2. The molecule has 0 bridgehead atoms. The van der Waals surface area contributed by atoms with Gasteiger partial charge in [0.05, 0.1) is 12.4 Å². The molecule has 0 amide bonds. The summed E-state index contributed by atoms with van der Waals surface area (Å²) in [5.74, 6) is 0. The van der Waals surface area contributed by atoms with Crippen LogP contribution in [0.2, 0.25) is 0 Å². The number of ether oxygens (including phenoxy) is 1. The molecule has 0 saturated heterocycles. The summed E-state index contributed by atoms with van der Waals surface area (Å²) in [6.07, 6.45) is -2.30. The molecule has 132 valence electrons. The van der Waals surface area contributed by atoms with E-state index in [2.05, 4.69) is 11.3 Å². The number of halogens is 6. The highest BCUT2D eigenvalue weighted by molar-refractivity contribution is 8.09. The van der Waals surface area contributed by atoms with Crippen molar-refractivity contribution in [2.45, 2.75) is 41.5 Å². The Bertz CT molecular complexity index is 545. The number of rotatable bonds is 7. The molecule has 0 spiro atoms. The second-order valence-corrected chi connectivity index (χ2v) is 8.64. The van der Waals surface area contributed by atoms with E-state index in [1.165, 1.54) is 6.92 Å². The third-order valence-electron chi connectivity index (χ3n) is 2.47. The van der Waals surface area contributed by atoms with E-state index in [-0.39, 0.29) is 0 Å². The van der Waals surface area contributed by atoms with Gasteiger partial charge >= 0.3 is 11.0 Å². The van der Waals surface area contributed by atoms with Crippen molar-refractivity contribution in [3.05, 3.63) is 12.8 Å². The smallest absolute Gasteiger partial charge is 0.498 e. The Labute approximate surface area is 122 Å². The standard InChI is InChI=1S/C9H12F6O5S2/c1-3-20-6(2)4-5-7(21(16,17)8(10,11)12)22(18,19)9(13,14)15/h3,6-7H,1,4-5H2,2H3. The zero-order valence-electron chi connectivity index (χ0n) is 11.0. The fraction of sp³-hybridized carbons (Fsp3) is 0.778. The first-order valence-electron chi connectivity index (χ1n) is 5.45. The van der Waals surface area contributed by atoms with Crippen LogP contribution in [-0.2, 0) is 24.4 Å². The fourth-order valence-corrected chi connectivity index (χ4v) is 4.86. The van der Waals surface area contributed by atoms with E-state index in [1.807, 2.05) is 0 Å². The van der Waals surface area contributed by atoms with Crippen molar-refractivity contribution in [3.63, 3.8) is 0 Å². The summed E-state index contributed by atoms with van der Waals surface area (Å²) in [5, 5.41) is 0. The molecule has 22 heavy (non-hydrogen) atoms. The Kier molecular flexibility index (Phi) is 6.35. The Balaban J connectivity index is 5.80. The SMILES string of the molecule is C=COC(C)CCC(S(=O)(=O)C(F)(F)F)S(=O)(=O)C(F)(F)F. The van der Waals surface area contributed by atoms with Gasteiger partial charge in [0.2, 0.25) is 0 Å². The monoisotopic (exact) mass is 378 g/mol. The second-order valence-electron chi connectivity index (χ2n) is 4.10. The van der Waals surface area contributed by atoms with Gasteiger partial charge in [-0.3, -0.25) is 0 Å². The molecule has 0 aliphatic carbocycles. The summed E-state index contributed by atoms with van der Waals surface area (Å²) in [5.41, 5.74) is -12.3. The topological polar surface area (TPSA) is 77.5 Å². The van der Waals surface area contributed by atoms with Crippen molar-refractivity contribution in [1.82, 2.24) is 0 Å². The molecule has 0 aromatic carbocycles. The highest BCUT2D eigenvalue weighted by atomic mass is 32.3. The first-order valence-corrected chi connectivity index (χ1v) is 8.55. The Morgan fingerprint density at radius 2 is 1.32 bits per heavy atom. The van der Waals surface area contributed by atoms with Crippen molar-refractivity contribution >= 4 is 19.7 Å². The van der Waals surface area contributed by atoms with E-state index in [0.29, 0.717) is 0 Å². The van der Waals surface area contributed by atoms with Crippen LogP contribution in [0, 0.1) is 0 Å². The summed E-state index contributed by atoms with van der Waals surface area (Å²) in [6, 6.07) is 0. The van der Waals surface area contributed by atoms with Gasteiger partial charge in [-0.2, -0.15) is 26.3 Å². The van der Waals surface area contributed by atoms with Gasteiger partial charge in [-0.05, 0) is 19.8 Å². The minimum Gasteiger partial charge on any atom is -0.499 e. The molecule has 0 fully saturated rings. The van der Waals surface area contributed by atoms with E-state index >= 15 is 0 Å². The molecule has 0 rings (SSSR count). The summed E-state index contributed by atoms with van der Waals surface area (Å²) in [6.45, 7) is 4.28. The molecule has 13 heteroatoms. The van der Waals surface area contributed by atoms with Crippen LogP contribution in [-0.4, -0.2) is 38.5 Å². The van der Waals surface area contributed by atoms with E-state index in [0.717, 1.165) is 6.26 Å². The summed E-state index contributed by atoms with van der Waals surface area (Å²) in [4.78, 5) is 0. The van der Waals surface area contributed by atoms with Gasteiger partial charge in [0, 0.05) is 0 Å². The zero-order valence-corrected chi connectivity index (χ0v) is 12.6. The minimum atomic E-state index is -6.58. The summed E-state index contributed by atoms with van der Waals surface area (Å²) < 4.78 is 120. The third-order valence-corrected chi connectivity index (χ3v) is 7.14. The van der Waals surface area contributed by atoms with E-state index in [1.54, 1.807) is 0 Å². The predicted octanol–water partition coefficient (Wildman–Crippen LogP) is 2.51. The quantitative estimate of drug-likeness (QED) is 0.503.